The monoisotopic (exact) mass is 238 g/mol. The molecule has 1 aliphatic carbocycles. The van der Waals surface area contributed by atoms with Gasteiger partial charge in [-0.25, -0.2) is 0 Å². The largest absolute Gasteiger partial charge is 0.353 e. The fourth-order valence-corrected chi connectivity index (χ4v) is 3.36. The molecule has 98 valence electrons. The van der Waals surface area contributed by atoms with Gasteiger partial charge >= 0.3 is 0 Å². The molecule has 1 aliphatic heterocycles. The van der Waals surface area contributed by atoms with Gasteiger partial charge in [-0.2, -0.15) is 0 Å². The SMILES string of the molecule is CC(NC(=O)C1CCCC1(C)C)C1CCNC1. The van der Waals surface area contributed by atoms with Crippen molar-refractivity contribution >= 4 is 5.91 Å². The second-order valence-corrected chi connectivity index (χ2v) is 6.48. The van der Waals surface area contributed by atoms with Crippen LogP contribution in [-0.2, 0) is 4.79 Å². The molecule has 2 rings (SSSR count). The van der Waals surface area contributed by atoms with Gasteiger partial charge in [0.1, 0.15) is 0 Å². The molecule has 1 heterocycles. The third-order valence-corrected chi connectivity index (χ3v) is 4.75. The summed E-state index contributed by atoms with van der Waals surface area (Å²) in [7, 11) is 0. The topological polar surface area (TPSA) is 41.1 Å². The Hall–Kier alpha value is -0.570. The fourth-order valence-electron chi connectivity index (χ4n) is 3.36. The van der Waals surface area contributed by atoms with Gasteiger partial charge in [-0.3, -0.25) is 4.79 Å². The Morgan fingerprint density at radius 3 is 2.71 bits per heavy atom. The van der Waals surface area contributed by atoms with E-state index in [1.807, 2.05) is 0 Å². The highest BCUT2D eigenvalue weighted by Gasteiger charge is 2.40. The van der Waals surface area contributed by atoms with Crippen molar-refractivity contribution < 1.29 is 4.79 Å². The van der Waals surface area contributed by atoms with Crippen LogP contribution < -0.4 is 10.6 Å². The van der Waals surface area contributed by atoms with Crippen LogP contribution in [0.1, 0.15) is 46.5 Å². The Labute approximate surface area is 105 Å². The first-order valence-electron chi connectivity index (χ1n) is 7.02. The second kappa shape index (κ2) is 4.97. The lowest BCUT2D eigenvalue weighted by Gasteiger charge is -2.28. The van der Waals surface area contributed by atoms with Gasteiger partial charge in [-0.15, -0.1) is 0 Å². The van der Waals surface area contributed by atoms with Crippen LogP contribution in [0.2, 0.25) is 0 Å². The van der Waals surface area contributed by atoms with Crippen molar-refractivity contribution in [3.63, 3.8) is 0 Å². The van der Waals surface area contributed by atoms with Crippen LogP contribution in [0.4, 0.5) is 0 Å². The smallest absolute Gasteiger partial charge is 0.223 e. The Morgan fingerprint density at radius 1 is 1.41 bits per heavy atom. The third kappa shape index (κ3) is 2.82. The number of hydrogen-bond donors (Lipinski definition) is 2. The Morgan fingerprint density at radius 2 is 2.18 bits per heavy atom. The molecule has 0 aromatic heterocycles. The first-order valence-corrected chi connectivity index (χ1v) is 7.02. The summed E-state index contributed by atoms with van der Waals surface area (Å²) in [5.74, 6) is 1.12. The van der Waals surface area contributed by atoms with E-state index in [1.165, 1.54) is 19.3 Å². The number of carbonyl (C=O) groups excluding carboxylic acids is 1. The van der Waals surface area contributed by atoms with E-state index in [2.05, 4.69) is 31.4 Å². The van der Waals surface area contributed by atoms with Gasteiger partial charge in [0.2, 0.25) is 5.91 Å². The molecular weight excluding hydrogens is 212 g/mol. The van der Waals surface area contributed by atoms with Gasteiger partial charge in [-0.1, -0.05) is 20.3 Å². The van der Waals surface area contributed by atoms with Crippen LogP contribution >= 0.6 is 0 Å². The highest BCUT2D eigenvalue weighted by Crippen LogP contribution is 2.42. The number of amides is 1. The van der Waals surface area contributed by atoms with Gasteiger partial charge in [0, 0.05) is 12.0 Å². The van der Waals surface area contributed by atoms with E-state index in [-0.39, 0.29) is 17.2 Å². The molecule has 0 radical (unpaired) electrons. The first kappa shape index (κ1) is 12.9. The summed E-state index contributed by atoms with van der Waals surface area (Å²) in [6.07, 6.45) is 4.64. The van der Waals surface area contributed by atoms with Crippen LogP contribution in [0.25, 0.3) is 0 Å². The molecule has 0 bridgehead atoms. The van der Waals surface area contributed by atoms with Gasteiger partial charge < -0.3 is 10.6 Å². The zero-order chi connectivity index (χ0) is 12.5. The lowest BCUT2D eigenvalue weighted by Crippen LogP contribution is -2.44. The van der Waals surface area contributed by atoms with Crippen LogP contribution in [0.15, 0.2) is 0 Å². The standard InChI is InChI=1S/C14H26N2O/c1-10(11-6-8-15-9-11)16-13(17)12-5-4-7-14(12,2)3/h10-12,15H,4-9H2,1-3H3,(H,16,17). The van der Waals surface area contributed by atoms with Crippen LogP contribution in [0.5, 0.6) is 0 Å². The summed E-state index contributed by atoms with van der Waals surface area (Å²) in [6.45, 7) is 8.75. The van der Waals surface area contributed by atoms with Crippen molar-refractivity contribution in [2.24, 2.45) is 17.3 Å². The predicted octanol–water partition coefficient (Wildman–Crippen LogP) is 1.93. The molecule has 2 aliphatic rings. The molecule has 3 atom stereocenters. The molecule has 0 aromatic carbocycles. The molecule has 3 unspecified atom stereocenters. The number of rotatable bonds is 3. The third-order valence-electron chi connectivity index (χ3n) is 4.75. The summed E-state index contributed by atoms with van der Waals surface area (Å²) in [6, 6.07) is 0.314. The van der Waals surface area contributed by atoms with E-state index in [1.54, 1.807) is 0 Å². The maximum Gasteiger partial charge on any atom is 0.223 e. The predicted molar refractivity (Wildman–Crippen MR) is 69.7 cm³/mol. The summed E-state index contributed by atoms with van der Waals surface area (Å²) < 4.78 is 0. The van der Waals surface area contributed by atoms with Crippen molar-refractivity contribution in [3.8, 4) is 0 Å². The summed E-state index contributed by atoms with van der Waals surface area (Å²) in [5.41, 5.74) is 0.192. The lowest BCUT2D eigenvalue weighted by atomic mass is 9.81. The molecule has 3 heteroatoms. The Bertz CT molecular complexity index is 282. The van der Waals surface area contributed by atoms with Crippen LogP contribution in [0, 0.1) is 17.3 Å². The zero-order valence-electron chi connectivity index (χ0n) is 11.4. The number of hydrogen-bond acceptors (Lipinski definition) is 2. The van der Waals surface area contributed by atoms with Gasteiger partial charge in [0.05, 0.1) is 0 Å². The van der Waals surface area contributed by atoms with E-state index in [0.717, 1.165) is 19.5 Å². The fraction of sp³-hybridized carbons (Fsp3) is 0.929. The van der Waals surface area contributed by atoms with Gasteiger partial charge in [0.15, 0.2) is 0 Å². The van der Waals surface area contributed by atoms with Crippen molar-refractivity contribution in [1.29, 1.82) is 0 Å². The maximum absolute atomic E-state index is 12.3. The van der Waals surface area contributed by atoms with E-state index in [4.69, 9.17) is 0 Å². The van der Waals surface area contributed by atoms with Crippen molar-refractivity contribution in [3.05, 3.63) is 0 Å². The first-order chi connectivity index (χ1) is 8.00. The molecule has 2 fully saturated rings. The van der Waals surface area contributed by atoms with E-state index < -0.39 is 0 Å². The molecule has 2 N–H and O–H groups in total. The van der Waals surface area contributed by atoms with Crippen molar-refractivity contribution in [1.82, 2.24) is 10.6 Å². The second-order valence-electron chi connectivity index (χ2n) is 6.48. The van der Waals surface area contributed by atoms with Crippen LogP contribution in [0.3, 0.4) is 0 Å². The van der Waals surface area contributed by atoms with E-state index in [9.17, 15) is 4.79 Å². The molecular formula is C14H26N2O. The summed E-state index contributed by atoms with van der Waals surface area (Å²) >= 11 is 0. The van der Waals surface area contributed by atoms with Gasteiger partial charge in [0.25, 0.3) is 0 Å². The highest BCUT2D eigenvalue weighted by atomic mass is 16.2. The van der Waals surface area contributed by atoms with Crippen molar-refractivity contribution in [2.45, 2.75) is 52.5 Å². The zero-order valence-corrected chi connectivity index (χ0v) is 11.4. The molecule has 1 saturated heterocycles. The Balaban J connectivity index is 1.88. The average molecular weight is 238 g/mol. The summed E-state index contributed by atoms with van der Waals surface area (Å²) in [5, 5.41) is 6.60. The number of carbonyl (C=O) groups is 1. The quantitative estimate of drug-likeness (QED) is 0.789. The molecule has 0 aromatic rings. The Kier molecular flexibility index (Phi) is 3.76. The van der Waals surface area contributed by atoms with E-state index >= 15 is 0 Å². The molecule has 1 amide bonds. The molecule has 0 spiro atoms. The minimum absolute atomic E-state index is 0.192. The van der Waals surface area contributed by atoms with Crippen molar-refractivity contribution in [2.75, 3.05) is 13.1 Å². The minimum atomic E-state index is 0.192. The van der Waals surface area contributed by atoms with Crippen LogP contribution in [-0.4, -0.2) is 25.0 Å². The normalized spacial score (nSPS) is 33.6. The average Bonchev–Trinajstić information content (AvgIpc) is 2.85. The molecule has 1 saturated carbocycles. The summed E-state index contributed by atoms with van der Waals surface area (Å²) in [4.78, 5) is 12.3. The minimum Gasteiger partial charge on any atom is -0.353 e. The lowest BCUT2D eigenvalue weighted by molar-refractivity contribution is -0.128. The molecule has 17 heavy (non-hydrogen) atoms. The number of nitrogens with one attached hydrogen (secondary N) is 2. The highest BCUT2D eigenvalue weighted by molar-refractivity contribution is 5.80. The molecule has 3 nitrogen and oxygen atoms in total. The van der Waals surface area contributed by atoms with E-state index in [0.29, 0.717) is 12.0 Å². The maximum atomic E-state index is 12.3. The van der Waals surface area contributed by atoms with Gasteiger partial charge in [-0.05, 0) is 50.6 Å².